The molecule has 0 spiro atoms. The number of halogens is 1. The number of benzene rings is 2. The number of ether oxygens (including phenoxy) is 1. The van der Waals surface area contributed by atoms with Crippen LogP contribution in [-0.2, 0) is 6.54 Å². The third kappa shape index (κ3) is 3.72. The minimum absolute atomic E-state index is 0.143. The molecule has 0 N–H and O–H groups in total. The lowest BCUT2D eigenvalue weighted by atomic mass is 9.98. The number of hydrogen-bond donors (Lipinski definition) is 0. The zero-order valence-corrected chi connectivity index (χ0v) is 17.2. The molecule has 5 rings (SSSR count). The van der Waals surface area contributed by atoms with Crippen LogP contribution in [0.25, 0.3) is 5.69 Å². The van der Waals surface area contributed by atoms with Crippen LogP contribution in [0.15, 0.2) is 65.9 Å². The van der Waals surface area contributed by atoms with Gasteiger partial charge in [0, 0.05) is 29.1 Å². The van der Waals surface area contributed by atoms with Crippen molar-refractivity contribution in [1.29, 1.82) is 0 Å². The Bertz CT molecular complexity index is 1380. The maximum Gasteiger partial charge on any atom is 0.317 e. The molecular formula is C24H17FN6O. The quantitative estimate of drug-likeness (QED) is 0.472. The Hall–Kier alpha value is -4.38. The number of nitrogens with zero attached hydrogens (tertiary/aromatic N) is 6. The first kappa shape index (κ1) is 19.6. The van der Waals surface area contributed by atoms with Crippen LogP contribution in [0.3, 0.4) is 0 Å². The van der Waals surface area contributed by atoms with E-state index in [1.165, 1.54) is 6.07 Å². The summed E-state index contributed by atoms with van der Waals surface area (Å²) in [5, 5.41) is 8.41. The SMILES string of the molecule is Cc1nnc2n1-c1ccc(C#CCOc3ncccn3)cc1C(c1ccccc1F)=NC2. The van der Waals surface area contributed by atoms with Crippen molar-refractivity contribution in [1.82, 2.24) is 24.7 Å². The summed E-state index contributed by atoms with van der Waals surface area (Å²) >= 11 is 0. The van der Waals surface area contributed by atoms with Crippen LogP contribution in [0.1, 0.15) is 28.3 Å². The maximum atomic E-state index is 14.7. The predicted octanol–water partition coefficient (Wildman–Crippen LogP) is 3.29. The Labute approximate surface area is 183 Å². The van der Waals surface area contributed by atoms with Crippen molar-refractivity contribution in [3.63, 3.8) is 0 Å². The summed E-state index contributed by atoms with van der Waals surface area (Å²) in [6, 6.07) is 14.3. The van der Waals surface area contributed by atoms with Gasteiger partial charge in [-0.15, -0.1) is 10.2 Å². The van der Waals surface area contributed by atoms with Crippen LogP contribution < -0.4 is 4.74 Å². The number of fused-ring (bicyclic) bond motifs is 3. The molecule has 0 fully saturated rings. The van der Waals surface area contributed by atoms with E-state index < -0.39 is 0 Å². The second-order valence-corrected chi connectivity index (χ2v) is 7.00. The van der Waals surface area contributed by atoms with Gasteiger partial charge in [-0.1, -0.05) is 24.0 Å². The van der Waals surface area contributed by atoms with Crippen LogP contribution >= 0.6 is 0 Å². The monoisotopic (exact) mass is 424 g/mol. The highest BCUT2D eigenvalue weighted by molar-refractivity contribution is 6.15. The molecule has 7 nitrogen and oxygen atoms in total. The average Bonchev–Trinajstić information content (AvgIpc) is 3.10. The summed E-state index contributed by atoms with van der Waals surface area (Å²) in [6.07, 6.45) is 3.21. The predicted molar refractivity (Wildman–Crippen MR) is 116 cm³/mol. The minimum atomic E-state index is -0.334. The van der Waals surface area contributed by atoms with E-state index >= 15 is 0 Å². The molecule has 0 bridgehead atoms. The Kier molecular flexibility index (Phi) is 5.14. The van der Waals surface area contributed by atoms with E-state index in [1.54, 1.807) is 36.7 Å². The van der Waals surface area contributed by atoms with Crippen LogP contribution in [0.2, 0.25) is 0 Å². The second kappa shape index (κ2) is 8.40. The normalized spacial score (nSPS) is 12.0. The van der Waals surface area contributed by atoms with Crippen molar-refractivity contribution in [2.24, 2.45) is 4.99 Å². The van der Waals surface area contributed by atoms with Gasteiger partial charge in [-0.3, -0.25) is 9.56 Å². The molecule has 2 aromatic heterocycles. The molecule has 0 unspecified atom stereocenters. The maximum absolute atomic E-state index is 14.7. The zero-order valence-electron chi connectivity index (χ0n) is 17.2. The third-order valence-electron chi connectivity index (χ3n) is 4.94. The molecule has 0 radical (unpaired) electrons. The van der Waals surface area contributed by atoms with Crippen LogP contribution in [-0.4, -0.2) is 37.1 Å². The van der Waals surface area contributed by atoms with E-state index in [1.807, 2.05) is 29.7 Å². The topological polar surface area (TPSA) is 78.1 Å². The number of aromatic nitrogens is 5. The molecule has 8 heteroatoms. The highest BCUT2D eigenvalue weighted by atomic mass is 19.1. The standard InChI is InChI=1S/C24H17FN6O/c1-16-29-30-22-15-28-23(18-7-2-3-8-20(18)25)19-14-17(9-10-21(19)31(16)22)6-4-13-32-24-26-11-5-12-27-24/h2-3,5,7-12,14H,13,15H2,1H3. The van der Waals surface area contributed by atoms with Crippen LogP contribution in [0.4, 0.5) is 4.39 Å². The minimum Gasteiger partial charge on any atom is -0.450 e. The van der Waals surface area contributed by atoms with Gasteiger partial charge >= 0.3 is 6.01 Å². The Morgan fingerprint density at radius 3 is 2.72 bits per heavy atom. The van der Waals surface area contributed by atoms with Crippen molar-refractivity contribution < 1.29 is 9.13 Å². The molecule has 1 aliphatic rings. The molecule has 0 saturated heterocycles. The van der Waals surface area contributed by atoms with E-state index in [2.05, 4.69) is 32.0 Å². The summed E-state index contributed by atoms with van der Waals surface area (Å²) in [4.78, 5) is 12.7. The molecular weight excluding hydrogens is 407 g/mol. The number of aliphatic imine (C=N–C) groups is 1. The molecule has 0 atom stereocenters. The van der Waals surface area contributed by atoms with Gasteiger partial charge in [-0.05, 0) is 43.3 Å². The van der Waals surface area contributed by atoms with E-state index in [0.717, 1.165) is 22.6 Å². The highest BCUT2D eigenvalue weighted by Gasteiger charge is 2.23. The first-order chi connectivity index (χ1) is 15.7. The second-order valence-electron chi connectivity index (χ2n) is 7.00. The Morgan fingerprint density at radius 2 is 1.88 bits per heavy atom. The summed E-state index contributed by atoms with van der Waals surface area (Å²) < 4.78 is 22.0. The lowest BCUT2D eigenvalue weighted by molar-refractivity contribution is 0.339. The largest absolute Gasteiger partial charge is 0.450 e. The molecule has 0 saturated carbocycles. The molecule has 2 aromatic carbocycles. The van der Waals surface area contributed by atoms with Gasteiger partial charge < -0.3 is 4.74 Å². The number of rotatable bonds is 3. The van der Waals surface area contributed by atoms with Crippen molar-refractivity contribution in [2.75, 3.05) is 6.61 Å². The van der Waals surface area contributed by atoms with E-state index in [0.29, 0.717) is 23.6 Å². The summed E-state index contributed by atoms with van der Waals surface area (Å²) in [7, 11) is 0. The van der Waals surface area contributed by atoms with Gasteiger partial charge in [-0.25, -0.2) is 14.4 Å². The molecule has 0 aliphatic carbocycles. The first-order valence-corrected chi connectivity index (χ1v) is 9.94. The lowest BCUT2D eigenvalue weighted by Crippen LogP contribution is -2.10. The van der Waals surface area contributed by atoms with E-state index in [4.69, 9.17) is 9.73 Å². The fourth-order valence-electron chi connectivity index (χ4n) is 3.54. The van der Waals surface area contributed by atoms with Crippen molar-refractivity contribution in [2.45, 2.75) is 13.5 Å². The van der Waals surface area contributed by atoms with Gasteiger partial charge in [-0.2, -0.15) is 0 Å². The smallest absolute Gasteiger partial charge is 0.317 e. The van der Waals surface area contributed by atoms with E-state index in [9.17, 15) is 4.39 Å². The highest BCUT2D eigenvalue weighted by Crippen LogP contribution is 2.27. The van der Waals surface area contributed by atoms with Crippen molar-refractivity contribution in [3.8, 4) is 23.5 Å². The molecule has 1 aliphatic heterocycles. The molecule has 156 valence electrons. The number of hydrogen-bond acceptors (Lipinski definition) is 6. The summed E-state index contributed by atoms with van der Waals surface area (Å²) in [5.74, 6) is 7.15. The van der Waals surface area contributed by atoms with Gasteiger partial charge in [0.25, 0.3) is 0 Å². The molecule has 4 aromatic rings. The molecule has 32 heavy (non-hydrogen) atoms. The fraction of sp³-hybridized carbons (Fsp3) is 0.125. The first-order valence-electron chi connectivity index (χ1n) is 9.94. The van der Waals surface area contributed by atoms with Crippen LogP contribution in [0, 0.1) is 24.6 Å². The molecule has 0 amide bonds. The lowest BCUT2D eigenvalue weighted by Gasteiger charge is -2.13. The molecule has 3 heterocycles. The van der Waals surface area contributed by atoms with Gasteiger partial charge in [0.2, 0.25) is 0 Å². The average molecular weight is 424 g/mol. The van der Waals surface area contributed by atoms with Crippen molar-refractivity contribution >= 4 is 5.71 Å². The van der Waals surface area contributed by atoms with Crippen molar-refractivity contribution in [3.05, 3.63) is 95.1 Å². The zero-order chi connectivity index (χ0) is 21.9. The summed E-state index contributed by atoms with van der Waals surface area (Å²) in [6.45, 7) is 2.32. The van der Waals surface area contributed by atoms with Gasteiger partial charge in [0.05, 0.1) is 11.4 Å². The number of aryl methyl sites for hydroxylation is 1. The van der Waals surface area contributed by atoms with Crippen LogP contribution in [0.5, 0.6) is 6.01 Å². The fourth-order valence-corrected chi connectivity index (χ4v) is 3.54. The third-order valence-corrected chi connectivity index (χ3v) is 4.94. The van der Waals surface area contributed by atoms with E-state index in [-0.39, 0.29) is 18.4 Å². The summed E-state index contributed by atoms with van der Waals surface area (Å²) in [5.41, 5.74) is 3.33. The Morgan fingerprint density at radius 1 is 1.03 bits per heavy atom. The van der Waals surface area contributed by atoms with Gasteiger partial charge in [0.15, 0.2) is 12.4 Å². The Balaban J connectivity index is 1.54. The van der Waals surface area contributed by atoms with Gasteiger partial charge in [0.1, 0.15) is 18.2 Å².